The summed E-state index contributed by atoms with van der Waals surface area (Å²) in [7, 11) is 0. The van der Waals surface area contributed by atoms with E-state index in [0.29, 0.717) is 6.04 Å². The van der Waals surface area contributed by atoms with Crippen molar-refractivity contribution in [2.75, 3.05) is 18.0 Å². The van der Waals surface area contributed by atoms with Crippen LogP contribution in [0.2, 0.25) is 0 Å². The van der Waals surface area contributed by atoms with Crippen LogP contribution in [0.15, 0.2) is 10.7 Å². The third kappa shape index (κ3) is 3.73. The van der Waals surface area contributed by atoms with Crippen molar-refractivity contribution in [2.24, 2.45) is 5.92 Å². The zero-order valence-corrected chi connectivity index (χ0v) is 11.8. The molecule has 0 aliphatic heterocycles. The quantitative estimate of drug-likeness (QED) is 0.771. The molecule has 18 heavy (non-hydrogen) atoms. The van der Waals surface area contributed by atoms with E-state index in [1.54, 1.807) is 6.26 Å². The summed E-state index contributed by atoms with van der Waals surface area (Å²) in [5.41, 5.74) is 1.00. The van der Waals surface area contributed by atoms with Crippen LogP contribution in [0.1, 0.15) is 45.7 Å². The molecule has 1 fully saturated rings. The molecule has 0 amide bonds. The molecule has 1 saturated carbocycles. The summed E-state index contributed by atoms with van der Waals surface area (Å²) in [6.45, 7) is 9.43. The van der Waals surface area contributed by atoms with Crippen molar-refractivity contribution >= 4 is 6.01 Å². The Morgan fingerprint density at radius 2 is 2.28 bits per heavy atom. The van der Waals surface area contributed by atoms with Gasteiger partial charge in [0.2, 0.25) is 0 Å². The molecular formula is C14H25N3O. The van der Waals surface area contributed by atoms with Crippen LogP contribution in [0, 0.1) is 5.92 Å². The molecular weight excluding hydrogens is 226 g/mol. The fourth-order valence-electron chi connectivity index (χ4n) is 1.98. The van der Waals surface area contributed by atoms with Gasteiger partial charge in [0.15, 0.2) is 0 Å². The SMILES string of the molecule is CCNCc1coc(N(CCC(C)C)C2CC2)n1. The van der Waals surface area contributed by atoms with Crippen LogP contribution < -0.4 is 10.2 Å². The van der Waals surface area contributed by atoms with Gasteiger partial charge in [-0.25, -0.2) is 0 Å². The molecule has 0 unspecified atom stereocenters. The Balaban J connectivity index is 1.94. The first-order valence-electron chi connectivity index (χ1n) is 7.12. The molecule has 1 aliphatic rings. The van der Waals surface area contributed by atoms with Crippen LogP contribution in [0.3, 0.4) is 0 Å². The molecule has 1 aliphatic carbocycles. The van der Waals surface area contributed by atoms with E-state index >= 15 is 0 Å². The minimum Gasteiger partial charge on any atom is -0.432 e. The summed E-state index contributed by atoms with van der Waals surface area (Å²) in [5, 5.41) is 3.27. The van der Waals surface area contributed by atoms with Crippen LogP contribution >= 0.6 is 0 Å². The Morgan fingerprint density at radius 1 is 1.50 bits per heavy atom. The van der Waals surface area contributed by atoms with Crippen LogP contribution in [-0.4, -0.2) is 24.1 Å². The van der Waals surface area contributed by atoms with Crippen LogP contribution in [0.5, 0.6) is 0 Å². The third-order valence-corrected chi connectivity index (χ3v) is 3.28. The minimum atomic E-state index is 0.661. The Kier molecular flexibility index (Phi) is 4.64. The molecule has 102 valence electrons. The first kappa shape index (κ1) is 13.4. The van der Waals surface area contributed by atoms with Gasteiger partial charge in [-0.2, -0.15) is 4.98 Å². The lowest BCUT2D eigenvalue weighted by Gasteiger charge is -2.20. The van der Waals surface area contributed by atoms with Gasteiger partial charge in [-0.3, -0.25) is 0 Å². The molecule has 1 N–H and O–H groups in total. The monoisotopic (exact) mass is 251 g/mol. The number of anilines is 1. The fourth-order valence-corrected chi connectivity index (χ4v) is 1.98. The van der Waals surface area contributed by atoms with Gasteiger partial charge >= 0.3 is 0 Å². The highest BCUT2D eigenvalue weighted by Gasteiger charge is 2.31. The first-order chi connectivity index (χ1) is 8.70. The number of hydrogen-bond acceptors (Lipinski definition) is 4. The molecule has 2 rings (SSSR count). The van der Waals surface area contributed by atoms with Crippen LogP contribution in [0.4, 0.5) is 6.01 Å². The Morgan fingerprint density at radius 3 is 2.89 bits per heavy atom. The van der Waals surface area contributed by atoms with E-state index in [9.17, 15) is 0 Å². The molecule has 1 heterocycles. The van der Waals surface area contributed by atoms with Gasteiger partial charge in [0.05, 0.1) is 5.69 Å². The summed E-state index contributed by atoms with van der Waals surface area (Å²) in [6, 6.07) is 1.47. The van der Waals surface area contributed by atoms with E-state index < -0.39 is 0 Å². The topological polar surface area (TPSA) is 41.3 Å². The van der Waals surface area contributed by atoms with Gasteiger partial charge < -0.3 is 14.6 Å². The maximum absolute atomic E-state index is 5.63. The van der Waals surface area contributed by atoms with Gasteiger partial charge in [-0.1, -0.05) is 20.8 Å². The maximum atomic E-state index is 5.63. The molecule has 0 aromatic carbocycles. The Bertz CT molecular complexity index is 358. The molecule has 0 atom stereocenters. The predicted molar refractivity (Wildman–Crippen MR) is 73.7 cm³/mol. The van der Waals surface area contributed by atoms with Gasteiger partial charge in [-0.05, 0) is 31.7 Å². The largest absolute Gasteiger partial charge is 0.432 e. The zero-order valence-electron chi connectivity index (χ0n) is 11.8. The molecule has 1 aromatic rings. The summed E-state index contributed by atoms with van der Waals surface area (Å²) < 4.78 is 5.63. The first-order valence-corrected chi connectivity index (χ1v) is 7.12. The minimum absolute atomic E-state index is 0.661. The third-order valence-electron chi connectivity index (χ3n) is 3.28. The van der Waals surface area contributed by atoms with E-state index in [4.69, 9.17) is 4.42 Å². The van der Waals surface area contributed by atoms with Crippen molar-refractivity contribution in [1.29, 1.82) is 0 Å². The van der Waals surface area contributed by atoms with E-state index in [-0.39, 0.29) is 0 Å². The van der Waals surface area contributed by atoms with Gasteiger partial charge in [0.1, 0.15) is 6.26 Å². The van der Waals surface area contributed by atoms with Gasteiger partial charge in [-0.15, -0.1) is 0 Å². The Labute approximate surface area is 110 Å². The number of rotatable bonds is 8. The molecule has 0 bridgehead atoms. The highest BCUT2D eigenvalue weighted by Crippen LogP contribution is 2.31. The lowest BCUT2D eigenvalue weighted by Crippen LogP contribution is -2.28. The van der Waals surface area contributed by atoms with Crippen molar-refractivity contribution in [2.45, 2.75) is 52.6 Å². The molecule has 0 spiro atoms. The van der Waals surface area contributed by atoms with Gasteiger partial charge in [0, 0.05) is 19.1 Å². The van der Waals surface area contributed by atoms with Crippen molar-refractivity contribution in [3.8, 4) is 0 Å². The second-order valence-electron chi connectivity index (χ2n) is 5.51. The van der Waals surface area contributed by atoms with E-state index in [0.717, 1.165) is 37.3 Å². The second-order valence-corrected chi connectivity index (χ2v) is 5.51. The molecule has 4 heteroatoms. The number of aromatic nitrogens is 1. The average molecular weight is 251 g/mol. The van der Waals surface area contributed by atoms with E-state index in [2.05, 4.69) is 36.0 Å². The van der Waals surface area contributed by atoms with Crippen molar-refractivity contribution in [3.05, 3.63) is 12.0 Å². The lowest BCUT2D eigenvalue weighted by atomic mass is 10.1. The molecule has 0 radical (unpaired) electrons. The number of nitrogens with one attached hydrogen (secondary N) is 1. The standard InChI is InChI=1S/C14H25N3O/c1-4-15-9-12-10-18-14(16-12)17(13-5-6-13)8-7-11(2)3/h10-11,13,15H,4-9H2,1-3H3. The highest BCUT2D eigenvalue weighted by molar-refractivity contribution is 5.31. The highest BCUT2D eigenvalue weighted by atomic mass is 16.4. The number of oxazole rings is 1. The molecule has 1 aromatic heterocycles. The normalized spacial score (nSPS) is 15.3. The maximum Gasteiger partial charge on any atom is 0.297 e. The van der Waals surface area contributed by atoms with Crippen LogP contribution in [0.25, 0.3) is 0 Å². The van der Waals surface area contributed by atoms with Gasteiger partial charge in [0.25, 0.3) is 6.01 Å². The Hall–Kier alpha value is -1.03. The number of nitrogens with zero attached hydrogens (tertiary/aromatic N) is 2. The molecule has 4 nitrogen and oxygen atoms in total. The second kappa shape index (κ2) is 6.23. The summed E-state index contributed by atoms with van der Waals surface area (Å²) in [5.74, 6) is 0.724. The van der Waals surface area contributed by atoms with E-state index in [1.807, 2.05) is 0 Å². The number of hydrogen-bond donors (Lipinski definition) is 1. The summed E-state index contributed by atoms with van der Waals surface area (Å²) in [6.07, 6.45) is 5.54. The summed E-state index contributed by atoms with van der Waals surface area (Å²) >= 11 is 0. The smallest absolute Gasteiger partial charge is 0.297 e. The van der Waals surface area contributed by atoms with Crippen LogP contribution in [-0.2, 0) is 6.54 Å². The van der Waals surface area contributed by atoms with E-state index in [1.165, 1.54) is 19.3 Å². The average Bonchev–Trinajstić information content (AvgIpc) is 3.06. The lowest BCUT2D eigenvalue weighted by molar-refractivity contribution is 0.503. The fraction of sp³-hybridized carbons (Fsp3) is 0.786. The summed E-state index contributed by atoms with van der Waals surface area (Å²) in [4.78, 5) is 6.93. The predicted octanol–water partition coefficient (Wildman–Crippen LogP) is 2.80. The van der Waals surface area contributed by atoms with Crippen molar-refractivity contribution in [3.63, 3.8) is 0 Å². The van der Waals surface area contributed by atoms with Crippen molar-refractivity contribution < 1.29 is 4.42 Å². The molecule has 0 saturated heterocycles. The van der Waals surface area contributed by atoms with Crippen molar-refractivity contribution in [1.82, 2.24) is 10.3 Å². The zero-order chi connectivity index (χ0) is 13.0.